The van der Waals surface area contributed by atoms with E-state index in [1.807, 2.05) is 32.9 Å². The third-order valence-electron chi connectivity index (χ3n) is 4.45. The van der Waals surface area contributed by atoms with Crippen LogP contribution in [0.25, 0.3) is 11.1 Å². The van der Waals surface area contributed by atoms with Crippen LogP contribution in [0, 0.1) is 0 Å². The maximum atomic E-state index is 12.6. The molecule has 2 aromatic carbocycles. The third kappa shape index (κ3) is 3.82. The van der Waals surface area contributed by atoms with Gasteiger partial charge < -0.3 is 24.4 Å². The summed E-state index contributed by atoms with van der Waals surface area (Å²) in [4.78, 5) is 12.6. The van der Waals surface area contributed by atoms with Crippen molar-refractivity contribution in [1.82, 2.24) is 5.16 Å². The van der Waals surface area contributed by atoms with E-state index in [4.69, 9.17) is 14.0 Å². The van der Waals surface area contributed by atoms with E-state index in [1.54, 1.807) is 24.3 Å². The first-order chi connectivity index (χ1) is 13.8. The zero-order valence-corrected chi connectivity index (χ0v) is 16.3. The lowest BCUT2D eigenvalue weighted by Gasteiger charge is -2.16. The Hall–Kier alpha value is -3.68. The van der Waals surface area contributed by atoms with E-state index in [-0.39, 0.29) is 23.7 Å². The molecule has 2 aliphatic heterocycles. The van der Waals surface area contributed by atoms with E-state index in [0.29, 0.717) is 28.6 Å². The summed E-state index contributed by atoms with van der Waals surface area (Å²) >= 11 is 0. The van der Waals surface area contributed by atoms with Gasteiger partial charge in [-0.1, -0.05) is 38.1 Å². The molecule has 2 aliphatic rings. The first-order valence-electron chi connectivity index (χ1n) is 9.08. The number of nitrogens with one attached hydrogen (secondary N) is 2. The number of amides is 2. The summed E-state index contributed by atoms with van der Waals surface area (Å²) in [7, 11) is 0. The molecule has 3 heterocycles. The lowest BCUT2D eigenvalue weighted by atomic mass is 9.93. The van der Waals surface area contributed by atoms with Gasteiger partial charge in [-0.25, -0.2) is 4.79 Å². The topological polar surface area (TPSA) is 106 Å². The second-order valence-electron chi connectivity index (χ2n) is 7.67. The van der Waals surface area contributed by atoms with Crippen LogP contribution in [0.5, 0.6) is 17.2 Å². The molecule has 3 N–H and O–H groups in total. The maximum absolute atomic E-state index is 12.6. The highest BCUT2D eigenvalue weighted by Gasteiger charge is 2.22. The van der Waals surface area contributed by atoms with Crippen molar-refractivity contribution in [2.45, 2.75) is 26.2 Å². The van der Waals surface area contributed by atoms with Gasteiger partial charge in [0.25, 0.3) is 0 Å². The van der Waals surface area contributed by atoms with Crippen molar-refractivity contribution >= 4 is 17.5 Å². The van der Waals surface area contributed by atoms with Crippen LogP contribution in [-0.2, 0) is 5.41 Å². The van der Waals surface area contributed by atoms with Crippen LogP contribution in [-0.4, -0.2) is 23.1 Å². The Bertz CT molecular complexity index is 1050. The number of carbonyl (C=O) groups is 1. The molecular weight excluding hydrogens is 374 g/mol. The normalized spacial score (nSPS) is 12.7. The van der Waals surface area contributed by atoms with Gasteiger partial charge in [-0.3, -0.25) is 5.32 Å². The molecule has 150 valence electrons. The summed E-state index contributed by atoms with van der Waals surface area (Å²) in [6, 6.07) is 11.5. The first-order valence-corrected chi connectivity index (χ1v) is 9.08. The highest BCUT2D eigenvalue weighted by molar-refractivity contribution is 6.03. The minimum atomic E-state index is -0.501. The van der Waals surface area contributed by atoms with Gasteiger partial charge in [0.15, 0.2) is 17.3 Å². The highest BCUT2D eigenvalue weighted by atomic mass is 16.7. The molecule has 2 amide bonds. The average molecular weight is 395 g/mol. The van der Waals surface area contributed by atoms with Crippen molar-refractivity contribution in [3.05, 3.63) is 48.2 Å². The fourth-order valence-electron chi connectivity index (χ4n) is 2.94. The summed E-state index contributed by atoms with van der Waals surface area (Å²) in [5.41, 5.74) is 1.55. The minimum Gasteiger partial charge on any atom is -0.504 e. The van der Waals surface area contributed by atoms with Crippen LogP contribution in [0.3, 0.4) is 0 Å². The number of phenols is 1. The van der Waals surface area contributed by atoms with Gasteiger partial charge in [0, 0.05) is 11.5 Å². The summed E-state index contributed by atoms with van der Waals surface area (Å²) in [6.45, 7) is 5.90. The number of aromatic hydroxyl groups is 1. The zero-order valence-electron chi connectivity index (χ0n) is 16.3. The van der Waals surface area contributed by atoms with Gasteiger partial charge in [0.2, 0.25) is 6.79 Å². The Kier molecular flexibility index (Phi) is 4.54. The molecule has 0 aliphatic carbocycles. The van der Waals surface area contributed by atoms with Gasteiger partial charge >= 0.3 is 6.03 Å². The molecule has 0 saturated heterocycles. The van der Waals surface area contributed by atoms with E-state index < -0.39 is 6.03 Å². The monoisotopic (exact) mass is 395 g/mol. The molecule has 8 nitrogen and oxygen atoms in total. The molecule has 2 bridgehead atoms. The molecule has 0 unspecified atom stereocenters. The number of benzene rings is 2. The highest BCUT2D eigenvalue weighted by Crippen LogP contribution is 2.44. The predicted molar refractivity (Wildman–Crippen MR) is 108 cm³/mol. The second kappa shape index (κ2) is 7.05. The van der Waals surface area contributed by atoms with Crippen LogP contribution in [0.2, 0.25) is 0 Å². The number of hydrogen-bond donors (Lipinski definition) is 3. The van der Waals surface area contributed by atoms with Crippen LogP contribution < -0.4 is 20.1 Å². The van der Waals surface area contributed by atoms with Crippen LogP contribution in [0.15, 0.2) is 47.0 Å². The molecule has 0 atom stereocenters. The van der Waals surface area contributed by atoms with E-state index in [0.717, 1.165) is 5.56 Å². The Morgan fingerprint density at radius 2 is 1.83 bits per heavy atom. The van der Waals surface area contributed by atoms with Crippen LogP contribution in [0.4, 0.5) is 16.3 Å². The maximum Gasteiger partial charge on any atom is 0.324 e. The number of aromatic nitrogens is 1. The summed E-state index contributed by atoms with van der Waals surface area (Å²) < 4.78 is 16.4. The number of rotatable bonds is 2. The smallest absolute Gasteiger partial charge is 0.324 e. The molecule has 29 heavy (non-hydrogen) atoms. The Morgan fingerprint density at radius 1 is 1.07 bits per heavy atom. The number of urea groups is 1. The standard InChI is InChI=1S/C21H21N3O5/c1-21(2,3)16-10-17(24-29-16)23-20(26)22-14-8-9-15(25)19-18(14)12-4-6-13(7-5-12)27-11-28-19/h4-10,25H,11H2,1-3H3,(H2,22,23,24,26). The molecule has 5 rings (SSSR count). The molecule has 3 aromatic rings. The second-order valence-corrected chi connectivity index (χ2v) is 7.67. The number of nitrogens with zero attached hydrogens (tertiary/aromatic N) is 1. The Morgan fingerprint density at radius 3 is 2.52 bits per heavy atom. The van der Waals surface area contributed by atoms with Crippen molar-refractivity contribution in [2.75, 3.05) is 17.4 Å². The lowest BCUT2D eigenvalue weighted by molar-refractivity contribution is 0.117. The van der Waals surface area contributed by atoms with E-state index >= 15 is 0 Å². The van der Waals surface area contributed by atoms with Gasteiger partial charge in [-0.15, -0.1) is 0 Å². The summed E-state index contributed by atoms with van der Waals surface area (Å²) in [6.07, 6.45) is 0. The van der Waals surface area contributed by atoms with Crippen LogP contribution in [0.1, 0.15) is 26.5 Å². The van der Waals surface area contributed by atoms with E-state index in [1.165, 1.54) is 6.07 Å². The van der Waals surface area contributed by atoms with Crippen molar-refractivity contribution in [3.8, 4) is 28.4 Å². The fourth-order valence-corrected chi connectivity index (χ4v) is 2.94. The van der Waals surface area contributed by atoms with Crippen molar-refractivity contribution in [3.63, 3.8) is 0 Å². The Balaban J connectivity index is 1.62. The largest absolute Gasteiger partial charge is 0.504 e. The van der Waals surface area contributed by atoms with Crippen molar-refractivity contribution in [1.29, 1.82) is 0 Å². The first kappa shape index (κ1) is 18.7. The van der Waals surface area contributed by atoms with Gasteiger partial charge in [-0.2, -0.15) is 0 Å². The number of anilines is 2. The van der Waals surface area contributed by atoms with E-state index in [2.05, 4.69) is 15.8 Å². The quantitative estimate of drug-likeness (QED) is 0.542. The molecular formula is C21H21N3O5. The minimum absolute atomic E-state index is 0.0504. The Labute approximate surface area is 167 Å². The van der Waals surface area contributed by atoms with E-state index in [9.17, 15) is 9.90 Å². The molecule has 0 spiro atoms. The molecule has 1 aromatic heterocycles. The van der Waals surface area contributed by atoms with Crippen molar-refractivity contribution in [2.24, 2.45) is 0 Å². The third-order valence-corrected chi connectivity index (χ3v) is 4.45. The average Bonchev–Trinajstić information content (AvgIpc) is 3.18. The fraction of sp³-hybridized carbons (Fsp3) is 0.238. The SMILES string of the molecule is CC(C)(C)c1cc(NC(=O)Nc2ccc(O)c3c2-c2ccc(cc2)OCO3)no1. The molecule has 0 fully saturated rings. The number of hydrogen-bond acceptors (Lipinski definition) is 6. The van der Waals surface area contributed by atoms with Gasteiger partial charge in [-0.05, 0) is 29.8 Å². The van der Waals surface area contributed by atoms with Gasteiger partial charge in [0.05, 0.1) is 11.3 Å². The number of carbonyl (C=O) groups excluding carboxylic acids is 1. The molecule has 0 radical (unpaired) electrons. The number of phenolic OH excluding ortho intramolecular Hbond substituents is 1. The number of ether oxygens (including phenoxy) is 2. The number of fused-ring (bicyclic) bond motifs is 4. The summed E-state index contributed by atoms with van der Waals surface area (Å²) in [5, 5.41) is 19.6. The molecule has 8 heteroatoms. The lowest BCUT2D eigenvalue weighted by Crippen LogP contribution is -2.20. The zero-order chi connectivity index (χ0) is 20.6. The van der Waals surface area contributed by atoms with Crippen LogP contribution >= 0.6 is 0 Å². The van der Waals surface area contributed by atoms with Crippen molar-refractivity contribution < 1.29 is 23.9 Å². The summed E-state index contributed by atoms with van der Waals surface area (Å²) in [5.74, 6) is 1.79. The predicted octanol–water partition coefficient (Wildman–Crippen LogP) is 4.72. The molecule has 0 saturated carbocycles. The van der Waals surface area contributed by atoms with Gasteiger partial charge in [0.1, 0.15) is 11.5 Å².